The highest BCUT2D eigenvalue weighted by Crippen LogP contribution is 2.45. The number of hydrogen-bond donors (Lipinski definition) is 3. The summed E-state index contributed by atoms with van der Waals surface area (Å²) in [6.45, 7) is 11.1. The van der Waals surface area contributed by atoms with Gasteiger partial charge in [0.1, 0.15) is 34.0 Å². The average molecular weight is 1130 g/mol. The minimum Gasteiger partial charge on any atom is -0.448 e. The van der Waals surface area contributed by atoms with Crippen LogP contribution in [0.3, 0.4) is 0 Å². The van der Waals surface area contributed by atoms with Gasteiger partial charge in [0.15, 0.2) is 16.9 Å². The van der Waals surface area contributed by atoms with Crippen molar-refractivity contribution < 1.29 is 43.0 Å². The Morgan fingerprint density at radius 3 is 1.82 bits per heavy atom. The molecule has 1 fully saturated rings. The van der Waals surface area contributed by atoms with E-state index in [1.165, 1.54) is 28.4 Å². The number of esters is 1. The number of β-lactam (4-membered cyclic amide) rings is 1. The monoisotopic (exact) mass is 1120 g/mol. The van der Waals surface area contributed by atoms with E-state index in [2.05, 4.69) is 26.1 Å². The number of aromatic nitrogens is 1. The maximum absolute atomic E-state index is 15.0. The van der Waals surface area contributed by atoms with Crippen LogP contribution in [0.15, 0.2) is 184 Å². The number of carbonyl (C=O) groups excluding carboxylic acids is 5. The van der Waals surface area contributed by atoms with Gasteiger partial charge in [-0.1, -0.05) is 175 Å². The fraction of sp³-hybridized carbons (Fsp3) is 0.271. The highest BCUT2D eigenvalue weighted by Gasteiger charge is 2.55. The summed E-state index contributed by atoms with van der Waals surface area (Å²) in [5.41, 5.74) is 0.656. The van der Waals surface area contributed by atoms with Gasteiger partial charge in [-0.2, -0.15) is 11.8 Å². The fourth-order valence-electron chi connectivity index (χ4n) is 8.31. The molecule has 2 atom stereocenters. The number of anilines is 1. The normalized spacial score (nSPS) is 15.8. The smallest absolute Gasteiger partial charge is 0.413 e. The number of fused-ring (bicyclic) bond motifs is 1. The largest absolute Gasteiger partial charge is 0.448 e. The average Bonchev–Trinajstić information content (AvgIpc) is 4.01. The standard InChI is InChI=1S/C59H60N6O9S4/c1-57(2,3)72-55(69)60-33-36-75-34-22-35-76-45-38-77-52-47(51(67)65(52)48(45)53(68)71-49(39-23-12-7-13-24-39)40-25-14-8-15-26-40)62-50(66)46(44-37-78-54(61-44)63-56(70)73-58(4,5)6)64-74-59(41-27-16-9-17-28-41,42-29-18-10-19-30-42)43-31-20-11-21-32-43/h7-32,35,37,47,49,52H,33-34,36,38H2,1-6H3,(H,60,69)(H,62,66)(H,61,63,70)/b35-22-,64-46-/t47?,52-/m1/s1. The fourth-order valence-corrected chi connectivity index (χ4v) is 12.1. The van der Waals surface area contributed by atoms with Crippen LogP contribution in [0.2, 0.25) is 0 Å². The number of rotatable bonds is 20. The first-order chi connectivity index (χ1) is 37.5. The Morgan fingerprint density at radius 1 is 0.756 bits per heavy atom. The Bertz CT molecular complexity index is 2990. The van der Waals surface area contributed by atoms with Crippen LogP contribution in [0.1, 0.15) is 81.2 Å². The third-order valence-electron chi connectivity index (χ3n) is 11.7. The van der Waals surface area contributed by atoms with E-state index in [0.717, 1.165) is 22.5 Å². The Balaban J connectivity index is 1.10. The molecule has 1 saturated heterocycles. The number of thiazole rings is 1. The van der Waals surface area contributed by atoms with Crippen molar-refractivity contribution in [1.29, 1.82) is 0 Å². The molecule has 19 heteroatoms. The number of nitrogens with one attached hydrogen (secondary N) is 3. The van der Waals surface area contributed by atoms with Crippen molar-refractivity contribution >= 4 is 87.4 Å². The molecule has 0 bridgehead atoms. The summed E-state index contributed by atoms with van der Waals surface area (Å²) in [4.78, 5) is 82.9. The van der Waals surface area contributed by atoms with Crippen molar-refractivity contribution in [3.63, 3.8) is 0 Å². The summed E-state index contributed by atoms with van der Waals surface area (Å²) < 4.78 is 17.2. The molecule has 2 aliphatic rings. The number of alkyl carbamates (subject to hydrolysis) is 1. The molecule has 0 radical (unpaired) electrons. The van der Waals surface area contributed by atoms with Gasteiger partial charge in [-0.15, -0.1) is 23.1 Å². The molecule has 4 amide bonds. The highest BCUT2D eigenvalue weighted by atomic mass is 32.2. The summed E-state index contributed by atoms with van der Waals surface area (Å²) in [5, 5.41) is 15.8. The van der Waals surface area contributed by atoms with Crippen LogP contribution in [0.5, 0.6) is 0 Å². The lowest BCUT2D eigenvalue weighted by Crippen LogP contribution is -2.71. The molecule has 8 rings (SSSR count). The maximum Gasteiger partial charge on any atom is 0.413 e. The lowest BCUT2D eigenvalue weighted by Gasteiger charge is -2.49. The maximum atomic E-state index is 15.0. The van der Waals surface area contributed by atoms with E-state index in [-0.39, 0.29) is 22.2 Å². The molecule has 404 valence electrons. The molecule has 6 aromatic rings. The molecule has 2 aliphatic heterocycles. The van der Waals surface area contributed by atoms with E-state index < -0.39 is 64.3 Å². The highest BCUT2D eigenvalue weighted by molar-refractivity contribution is 8.08. The predicted octanol–water partition coefficient (Wildman–Crippen LogP) is 11.7. The molecule has 3 heterocycles. The van der Waals surface area contributed by atoms with Crippen LogP contribution in [-0.2, 0) is 39.0 Å². The molecule has 3 N–H and O–H groups in total. The van der Waals surface area contributed by atoms with Crippen LogP contribution >= 0.6 is 46.6 Å². The third-order valence-corrected chi connectivity index (χ3v) is 15.8. The van der Waals surface area contributed by atoms with E-state index in [1.54, 1.807) is 37.9 Å². The first kappa shape index (κ1) is 56.9. The predicted molar refractivity (Wildman–Crippen MR) is 310 cm³/mol. The molecule has 1 unspecified atom stereocenters. The van der Waals surface area contributed by atoms with Crippen LogP contribution in [0.4, 0.5) is 14.7 Å². The van der Waals surface area contributed by atoms with E-state index in [4.69, 9.17) is 19.0 Å². The zero-order valence-electron chi connectivity index (χ0n) is 43.9. The summed E-state index contributed by atoms with van der Waals surface area (Å²) in [6, 6.07) is 46.1. The van der Waals surface area contributed by atoms with E-state index in [0.29, 0.717) is 45.4 Å². The van der Waals surface area contributed by atoms with E-state index >= 15 is 4.79 Å². The Labute approximate surface area is 471 Å². The Hall–Kier alpha value is -7.32. The molecule has 1 aromatic heterocycles. The van der Waals surface area contributed by atoms with Crippen LogP contribution in [-0.4, -0.2) is 92.0 Å². The van der Waals surface area contributed by atoms with Crippen LogP contribution < -0.4 is 16.0 Å². The molecule has 5 aromatic carbocycles. The lowest BCUT2D eigenvalue weighted by atomic mass is 9.80. The van der Waals surface area contributed by atoms with Gasteiger partial charge in [-0.3, -0.25) is 19.8 Å². The van der Waals surface area contributed by atoms with Crippen molar-refractivity contribution in [1.82, 2.24) is 20.5 Å². The van der Waals surface area contributed by atoms with Gasteiger partial charge < -0.3 is 29.7 Å². The second kappa shape index (κ2) is 25.9. The van der Waals surface area contributed by atoms with Crippen molar-refractivity contribution in [2.75, 3.05) is 29.1 Å². The van der Waals surface area contributed by atoms with Crippen molar-refractivity contribution in [3.8, 4) is 0 Å². The number of benzene rings is 5. The van der Waals surface area contributed by atoms with Crippen LogP contribution in [0.25, 0.3) is 0 Å². The minimum atomic E-state index is -1.40. The summed E-state index contributed by atoms with van der Waals surface area (Å²) in [5.74, 6) is -0.498. The number of nitrogens with zero attached hydrogens (tertiary/aromatic N) is 3. The number of oxime groups is 1. The third kappa shape index (κ3) is 14.4. The first-order valence-corrected chi connectivity index (χ1v) is 29.0. The lowest BCUT2D eigenvalue weighted by molar-refractivity contribution is -0.154. The van der Waals surface area contributed by atoms with E-state index in [1.807, 2.05) is 184 Å². The molecule has 78 heavy (non-hydrogen) atoms. The zero-order valence-corrected chi connectivity index (χ0v) is 47.1. The van der Waals surface area contributed by atoms with Gasteiger partial charge in [0, 0.05) is 50.8 Å². The van der Waals surface area contributed by atoms with Gasteiger partial charge in [0.2, 0.25) is 5.60 Å². The van der Waals surface area contributed by atoms with Gasteiger partial charge in [-0.05, 0) is 58.1 Å². The Kier molecular flexibility index (Phi) is 18.9. The van der Waals surface area contributed by atoms with Gasteiger partial charge >= 0.3 is 18.2 Å². The van der Waals surface area contributed by atoms with Crippen molar-refractivity contribution in [3.05, 3.63) is 213 Å². The van der Waals surface area contributed by atoms with Crippen molar-refractivity contribution in [2.24, 2.45) is 5.16 Å². The summed E-state index contributed by atoms with van der Waals surface area (Å²) in [6.07, 6.45) is -0.0755. The second-order valence-electron chi connectivity index (χ2n) is 19.7. The summed E-state index contributed by atoms with van der Waals surface area (Å²) >= 11 is 5.34. The van der Waals surface area contributed by atoms with Gasteiger partial charge in [0.05, 0.1) is 0 Å². The van der Waals surface area contributed by atoms with Crippen LogP contribution in [0, 0.1) is 0 Å². The van der Waals surface area contributed by atoms with Gasteiger partial charge in [0.25, 0.3) is 11.8 Å². The molecule has 0 saturated carbocycles. The van der Waals surface area contributed by atoms with Gasteiger partial charge in [-0.25, -0.2) is 19.4 Å². The Morgan fingerprint density at radius 2 is 1.28 bits per heavy atom. The molecule has 0 spiro atoms. The summed E-state index contributed by atoms with van der Waals surface area (Å²) in [7, 11) is 0. The van der Waals surface area contributed by atoms with E-state index in [9.17, 15) is 19.2 Å². The second-order valence-corrected chi connectivity index (χ2v) is 23.8. The number of thioether (sulfide) groups is 3. The first-order valence-electron chi connectivity index (χ1n) is 25.1. The number of carbonyl (C=O) groups is 5. The molecular formula is C59H60N6O9S4. The van der Waals surface area contributed by atoms with Crippen molar-refractivity contribution in [2.45, 2.75) is 75.9 Å². The minimum absolute atomic E-state index is 0.0477. The molecule has 0 aliphatic carbocycles. The number of hydrogen-bond acceptors (Lipinski definition) is 15. The topological polar surface area (TPSA) is 187 Å². The number of ether oxygens (including phenoxy) is 3. The molecule has 15 nitrogen and oxygen atoms in total. The SMILES string of the molecule is CC(C)(C)OC(=O)NCCSC/C=C\SC1=C(C(=O)OC(c2ccccc2)c2ccccc2)N2C(=O)C(NC(=O)/C(=N\OC(c3ccccc3)(c3ccccc3)c3ccccc3)c3csc(NC(=O)OC(C)(C)C)n3)[C@H]2SC1. The molecular weight excluding hydrogens is 1060 g/mol. The zero-order chi connectivity index (χ0) is 55.3. The quantitative estimate of drug-likeness (QED) is 0.0125. The number of amides is 4.